The van der Waals surface area contributed by atoms with Crippen molar-refractivity contribution in [1.82, 2.24) is 15.0 Å². The lowest BCUT2D eigenvalue weighted by atomic mass is 10.2. The zero-order valence-corrected chi connectivity index (χ0v) is 9.90. The molecule has 1 heterocycles. The first-order valence-corrected chi connectivity index (χ1v) is 5.65. The van der Waals surface area contributed by atoms with Gasteiger partial charge in [0.1, 0.15) is 0 Å². The number of hydrogen-bond donors (Lipinski definition) is 0. The van der Waals surface area contributed by atoms with Crippen LogP contribution >= 0.6 is 0 Å². The van der Waals surface area contributed by atoms with E-state index in [9.17, 15) is 0 Å². The van der Waals surface area contributed by atoms with Crippen molar-refractivity contribution in [2.24, 2.45) is 0 Å². The van der Waals surface area contributed by atoms with E-state index in [0.717, 1.165) is 17.8 Å². The molecule has 0 amide bonds. The summed E-state index contributed by atoms with van der Waals surface area (Å²) in [5.41, 5.74) is 0. The van der Waals surface area contributed by atoms with Gasteiger partial charge < -0.3 is 4.52 Å². The molecule has 1 fully saturated rings. The van der Waals surface area contributed by atoms with E-state index in [1.54, 1.807) is 0 Å². The Morgan fingerprint density at radius 3 is 2.47 bits per heavy atom. The monoisotopic (exact) mass is 209 g/mol. The Balaban J connectivity index is 2.07. The summed E-state index contributed by atoms with van der Waals surface area (Å²) in [4.78, 5) is 6.74. The SMILES string of the molecule is CC(C)c1noc(C(C)N(C)C2CC2)n1. The summed E-state index contributed by atoms with van der Waals surface area (Å²) >= 11 is 0. The van der Waals surface area contributed by atoms with Gasteiger partial charge in [-0.2, -0.15) is 4.98 Å². The van der Waals surface area contributed by atoms with Crippen molar-refractivity contribution in [1.29, 1.82) is 0 Å². The van der Waals surface area contributed by atoms with Gasteiger partial charge in [-0.3, -0.25) is 4.90 Å². The first kappa shape index (κ1) is 10.6. The minimum Gasteiger partial charge on any atom is -0.338 e. The second kappa shape index (κ2) is 3.93. The van der Waals surface area contributed by atoms with Crippen LogP contribution in [0.4, 0.5) is 0 Å². The second-order valence-electron chi connectivity index (χ2n) is 4.72. The molecule has 0 saturated heterocycles. The third-order valence-electron chi connectivity index (χ3n) is 3.06. The molecule has 1 atom stereocenters. The van der Waals surface area contributed by atoms with Gasteiger partial charge in [-0.05, 0) is 26.8 Å². The van der Waals surface area contributed by atoms with Crippen LogP contribution in [0.1, 0.15) is 57.3 Å². The van der Waals surface area contributed by atoms with E-state index < -0.39 is 0 Å². The molecule has 4 nitrogen and oxygen atoms in total. The maximum atomic E-state index is 5.28. The van der Waals surface area contributed by atoms with Gasteiger partial charge in [0, 0.05) is 12.0 Å². The Kier molecular flexibility index (Phi) is 2.78. The quantitative estimate of drug-likeness (QED) is 0.763. The van der Waals surface area contributed by atoms with E-state index in [1.165, 1.54) is 12.8 Å². The van der Waals surface area contributed by atoms with Crippen LogP contribution < -0.4 is 0 Å². The van der Waals surface area contributed by atoms with Crippen molar-refractivity contribution >= 4 is 0 Å². The maximum Gasteiger partial charge on any atom is 0.243 e. The van der Waals surface area contributed by atoms with Gasteiger partial charge in [-0.15, -0.1) is 0 Å². The van der Waals surface area contributed by atoms with Crippen molar-refractivity contribution in [3.05, 3.63) is 11.7 Å². The van der Waals surface area contributed by atoms with Crippen molar-refractivity contribution in [3.8, 4) is 0 Å². The smallest absolute Gasteiger partial charge is 0.243 e. The molecule has 0 spiro atoms. The molecule has 0 bridgehead atoms. The molecule has 1 saturated carbocycles. The summed E-state index contributed by atoms with van der Waals surface area (Å²) in [7, 11) is 2.13. The fraction of sp³-hybridized carbons (Fsp3) is 0.818. The third-order valence-corrected chi connectivity index (χ3v) is 3.06. The summed E-state index contributed by atoms with van der Waals surface area (Å²) < 4.78 is 5.28. The van der Waals surface area contributed by atoms with Crippen LogP contribution in [0.15, 0.2) is 4.52 Å². The van der Waals surface area contributed by atoms with E-state index in [2.05, 4.69) is 42.9 Å². The minimum atomic E-state index is 0.234. The highest BCUT2D eigenvalue weighted by atomic mass is 16.5. The Bertz CT molecular complexity index is 330. The van der Waals surface area contributed by atoms with Gasteiger partial charge >= 0.3 is 0 Å². The molecule has 0 aliphatic heterocycles. The molecule has 2 rings (SSSR count). The van der Waals surface area contributed by atoms with Crippen molar-refractivity contribution < 1.29 is 4.52 Å². The van der Waals surface area contributed by atoms with Crippen LogP contribution in [-0.2, 0) is 0 Å². The molecule has 0 radical (unpaired) electrons. The Morgan fingerprint density at radius 1 is 1.33 bits per heavy atom. The van der Waals surface area contributed by atoms with E-state index in [1.807, 2.05) is 0 Å². The van der Waals surface area contributed by atoms with Crippen molar-refractivity contribution in [2.45, 2.75) is 51.6 Å². The van der Waals surface area contributed by atoms with E-state index >= 15 is 0 Å². The molecule has 1 aromatic rings. The molecule has 1 aromatic heterocycles. The summed E-state index contributed by atoms with van der Waals surface area (Å²) in [5, 5.41) is 3.99. The Hall–Kier alpha value is -0.900. The molecule has 1 unspecified atom stereocenters. The van der Waals surface area contributed by atoms with Gasteiger partial charge in [0.15, 0.2) is 5.82 Å². The van der Waals surface area contributed by atoms with Crippen LogP contribution in [0, 0.1) is 0 Å². The average molecular weight is 209 g/mol. The number of nitrogens with zero attached hydrogens (tertiary/aromatic N) is 3. The fourth-order valence-electron chi connectivity index (χ4n) is 1.62. The van der Waals surface area contributed by atoms with Crippen LogP contribution in [0.25, 0.3) is 0 Å². The number of rotatable bonds is 4. The van der Waals surface area contributed by atoms with Crippen molar-refractivity contribution in [3.63, 3.8) is 0 Å². The molecule has 0 N–H and O–H groups in total. The lowest BCUT2D eigenvalue weighted by Crippen LogP contribution is -2.24. The first-order chi connectivity index (χ1) is 7.09. The standard InChI is InChI=1S/C11H19N3O/c1-7(2)10-12-11(15-13-10)8(3)14(4)9-5-6-9/h7-9H,5-6H2,1-4H3. The van der Waals surface area contributed by atoms with Gasteiger partial charge in [-0.25, -0.2) is 0 Å². The molecule has 0 aromatic carbocycles. The van der Waals surface area contributed by atoms with Crippen LogP contribution in [0.3, 0.4) is 0 Å². The first-order valence-electron chi connectivity index (χ1n) is 5.65. The third kappa shape index (κ3) is 2.20. The predicted molar refractivity (Wildman–Crippen MR) is 57.6 cm³/mol. The number of aromatic nitrogens is 2. The van der Waals surface area contributed by atoms with Crippen LogP contribution in [0.2, 0.25) is 0 Å². The summed E-state index contributed by atoms with van der Waals surface area (Å²) in [6.07, 6.45) is 2.60. The summed E-state index contributed by atoms with van der Waals surface area (Å²) in [5.74, 6) is 1.88. The average Bonchev–Trinajstić information content (AvgIpc) is 2.93. The van der Waals surface area contributed by atoms with Crippen molar-refractivity contribution in [2.75, 3.05) is 7.05 Å². The summed E-state index contributed by atoms with van der Waals surface area (Å²) in [6.45, 7) is 6.27. The highest BCUT2D eigenvalue weighted by Gasteiger charge is 2.32. The number of hydrogen-bond acceptors (Lipinski definition) is 4. The molecule has 84 valence electrons. The highest BCUT2D eigenvalue weighted by molar-refractivity contribution is 4.97. The van der Waals surface area contributed by atoms with E-state index in [-0.39, 0.29) is 6.04 Å². The van der Waals surface area contributed by atoms with Gasteiger partial charge in [0.2, 0.25) is 5.89 Å². The Labute approximate surface area is 90.7 Å². The molecule has 15 heavy (non-hydrogen) atoms. The topological polar surface area (TPSA) is 42.2 Å². The molecule has 4 heteroatoms. The largest absolute Gasteiger partial charge is 0.338 e. The van der Waals surface area contributed by atoms with E-state index in [4.69, 9.17) is 4.52 Å². The zero-order valence-electron chi connectivity index (χ0n) is 9.90. The zero-order chi connectivity index (χ0) is 11.0. The summed E-state index contributed by atoms with van der Waals surface area (Å²) in [6, 6.07) is 0.951. The Morgan fingerprint density at radius 2 is 2.00 bits per heavy atom. The fourth-order valence-corrected chi connectivity index (χ4v) is 1.62. The molecular weight excluding hydrogens is 190 g/mol. The predicted octanol–water partition coefficient (Wildman–Crippen LogP) is 2.35. The normalized spacial score (nSPS) is 18.8. The van der Waals surface area contributed by atoms with Crippen LogP contribution in [-0.4, -0.2) is 28.1 Å². The molecular formula is C11H19N3O. The molecule has 1 aliphatic carbocycles. The van der Waals surface area contributed by atoms with Gasteiger partial charge in [0.25, 0.3) is 0 Å². The second-order valence-corrected chi connectivity index (χ2v) is 4.72. The minimum absolute atomic E-state index is 0.234. The molecule has 1 aliphatic rings. The van der Waals surface area contributed by atoms with E-state index in [0.29, 0.717) is 5.92 Å². The van der Waals surface area contributed by atoms with Crippen LogP contribution in [0.5, 0.6) is 0 Å². The maximum absolute atomic E-state index is 5.28. The lowest BCUT2D eigenvalue weighted by Gasteiger charge is -2.20. The van der Waals surface area contributed by atoms with Gasteiger partial charge in [-0.1, -0.05) is 19.0 Å². The lowest BCUT2D eigenvalue weighted by molar-refractivity contribution is 0.201. The highest BCUT2D eigenvalue weighted by Crippen LogP contribution is 2.32. The van der Waals surface area contributed by atoms with Gasteiger partial charge in [0.05, 0.1) is 6.04 Å².